The predicted octanol–water partition coefficient (Wildman–Crippen LogP) is 4.85. The maximum Gasteiger partial charge on any atom is 0.232 e. The van der Waals surface area contributed by atoms with Crippen molar-refractivity contribution in [2.75, 3.05) is 0 Å². The Morgan fingerprint density at radius 1 is 0.938 bits per heavy atom. The molecule has 5 heteroatoms. The Bertz CT molecular complexity index is 493. The van der Waals surface area contributed by atoms with Crippen LogP contribution in [0.4, 0.5) is 4.39 Å². The summed E-state index contributed by atoms with van der Waals surface area (Å²) in [6.45, 7) is 0. The molecule has 0 aliphatic rings. The molecular formula is C11H5Cl3FN. The van der Waals surface area contributed by atoms with Gasteiger partial charge in [0.1, 0.15) is 5.02 Å². The average Bonchev–Trinajstić information content (AvgIpc) is 2.27. The number of rotatable bonds is 1. The molecule has 1 aromatic carbocycles. The van der Waals surface area contributed by atoms with Crippen LogP contribution in [0.15, 0.2) is 30.5 Å². The van der Waals surface area contributed by atoms with Gasteiger partial charge in [-0.1, -0.05) is 46.9 Å². The quantitative estimate of drug-likeness (QED) is 0.679. The summed E-state index contributed by atoms with van der Waals surface area (Å²) in [5.74, 6) is -0.727. The number of hydrogen-bond acceptors (Lipinski definition) is 1. The number of aromatic nitrogens is 1. The fraction of sp³-hybridized carbons (Fsp3) is 0. The third-order valence-electron chi connectivity index (χ3n) is 2.09. The minimum absolute atomic E-state index is 0.0633. The highest BCUT2D eigenvalue weighted by molar-refractivity contribution is 6.44. The zero-order chi connectivity index (χ0) is 11.7. The zero-order valence-electron chi connectivity index (χ0n) is 7.85. The van der Waals surface area contributed by atoms with E-state index in [0.717, 1.165) is 0 Å². The normalized spacial score (nSPS) is 10.5. The van der Waals surface area contributed by atoms with Gasteiger partial charge >= 0.3 is 0 Å². The van der Waals surface area contributed by atoms with Crippen LogP contribution in [0.1, 0.15) is 0 Å². The third-order valence-corrected chi connectivity index (χ3v) is 3.27. The van der Waals surface area contributed by atoms with Crippen molar-refractivity contribution in [1.29, 1.82) is 0 Å². The standard InChI is InChI=1S/C11H5Cl3FN/c12-8-3-1-2-6(9(8)13)7-4-5-16-11(15)10(7)14/h1-5H. The van der Waals surface area contributed by atoms with Crippen molar-refractivity contribution in [3.05, 3.63) is 51.5 Å². The van der Waals surface area contributed by atoms with Crippen molar-refractivity contribution in [1.82, 2.24) is 4.98 Å². The fourth-order valence-corrected chi connectivity index (χ4v) is 1.95. The Morgan fingerprint density at radius 2 is 1.62 bits per heavy atom. The van der Waals surface area contributed by atoms with Gasteiger partial charge in [-0.25, -0.2) is 4.98 Å². The summed E-state index contributed by atoms with van der Waals surface area (Å²) in [6.07, 6.45) is 1.33. The second-order valence-corrected chi connectivity index (χ2v) is 4.23. The van der Waals surface area contributed by atoms with Gasteiger partial charge in [0.2, 0.25) is 5.95 Å². The predicted molar refractivity (Wildman–Crippen MR) is 64.7 cm³/mol. The molecule has 0 N–H and O–H groups in total. The first-order valence-electron chi connectivity index (χ1n) is 4.35. The number of halogens is 4. The SMILES string of the molecule is Fc1nccc(-c2cccc(Cl)c2Cl)c1Cl. The number of benzene rings is 1. The van der Waals surface area contributed by atoms with Crippen molar-refractivity contribution < 1.29 is 4.39 Å². The maximum absolute atomic E-state index is 13.2. The lowest BCUT2D eigenvalue weighted by molar-refractivity contribution is 0.585. The monoisotopic (exact) mass is 275 g/mol. The summed E-state index contributed by atoms with van der Waals surface area (Å²) in [5.41, 5.74) is 1.06. The first-order valence-corrected chi connectivity index (χ1v) is 5.49. The Kier molecular flexibility index (Phi) is 3.33. The molecule has 2 aromatic rings. The molecule has 82 valence electrons. The average molecular weight is 277 g/mol. The fourth-order valence-electron chi connectivity index (χ4n) is 1.34. The molecule has 1 nitrogen and oxygen atoms in total. The van der Waals surface area contributed by atoms with Gasteiger partial charge in [-0.3, -0.25) is 0 Å². The Morgan fingerprint density at radius 3 is 2.38 bits per heavy atom. The molecule has 0 atom stereocenters. The molecule has 0 saturated heterocycles. The van der Waals surface area contributed by atoms with Crippen LogP contribution >= 0.6 is 34.8 Å². The summed E-state index contributed by atoms with van der Waals surface area (Å²) in [6, 6.07) is 6.68. The molecule has 0 unspecified atom stereocenters. The van der Waals surface area contributed by atoms with E-state index in [2.05, 4.69) is 4.98 Å². The number of nitrogens with zero attached hydrogens (tertiary/aromatic N) is 1. The molecule has 2 rings (SSSR count). The van der Waals surface area contributed by atoms with E-state index in [1.165, 1.54) is 6.20 Å². The smallest absolute Gasteiger partial charge is 0.227 e. The lowest BCUT2D eigenvalue weighted by Gasteiger charge is -2.07. The van der Waals surface area contributed by atoms with Crippen LogP contribution in [-0.4, -0.2) is 4.98 Å². The van der Waals surface area contributed by atoms with E-state index in [-0.39, 0.29) is 5.02 Å². The minimum Gasteiger partial charge on any atom is -0.227 e. The first kappa shape index (κ1) is 11.6. The van der Waals surface area contributed by atoms with Crippen LogP contribution in [0.25, 0.3) is 11.1 Å². The topological polar surface area (TPSA) is 12.9 Å². The highest BCUT2D eigenvalue weighted by Crippen LogP contribution is 2.37. The van der Waals surface area contributed by atoms with Crippen molar-refractivity contribution in [2.45, 2.75) is 0 Å². The van der Waals surface area contributed by atoms with E-state index in [1.807, 2.05) is 0 Å². The second-order valence-electron chi connectivity index (χ2n) is 3.06. The maximum atomic E-state index is 13.2. The van der Waals surface area contributed by atoms with E-state index >= 15 is 0 Å². The molecular weight excluding hydrogens is 271 g/mol. The largest absolute Gasteiger partial charge is 0.232 e. The lowest BCUT2D eigenvalue weighted by atomic mass is 10.1. The summed E-state index contributed by atoms with van der Waals surface area (Å²) in [7, 11) is 0. The highest BCUT2D eigenvalue weighted by atomic mass is 35.5. The van der Waals surface area contributed by atoms with Crippen LogP contribution in [0.5, 0.6) is 0 Å². The molecule has 0 spiro atoms. The summed E-state index contributed by atoms with van der Waals surface area (Å²) >= 11 is 17.7. The van der Waals surface area contributed by atoms with Gasteiger partial charge < -0.3 is 0 Å². The van der Waals surface area contributed by atoms with Crippen molar-refractivity contribution in [3.8, 4) is 11.1 Å². The van der Waals surface area contributed by atoms with E-state index in [0.29, 0.717) is 21.2 Å². The minimum atomic E-state index is -0.727. The van der Waals surface area contributed by atoms with E-state index in [9.17, 15) is 4.39 Å². The lowest BCUT2D eigenvalue weighted by Crippen LogP contribution is -1.88. The molecule has 0 fully saturated rings. The zero-order valence-corrected chi connectivity index (χ0v) is 10.1. The van der Waals surface area contributed by atoms with Gasteiger partial charge in [0.15, 0.2) is 0 Å². The van der Waals surface area contributed by atoms with Crippen molar-refractivity contribution in [3.63, 3.8) is 0 Å². The van der Waals surface area contributed by atoms with Gasteiger partial charge in [-0.2, -0.15) is 4.39 Å². The molecule has 16 heavy (non-hydrogen) atoms. The van der Waals surface area contributed by atoms with Gasteiger partial charge in [-0.05, 0) is 12.1 Å². The van der Waals surface area contributed by atoms with E-state index in [4.69, 9.17) is 34.8 Å². The summed E-state index contributed by atoms with van der Waals surface area (Å²) in [4.78, 5) is 3.44. The molecule has 0 amide bonds. The van der Waals surface area contributed by atoms with E-state index in [1.54, 1.807) is 24.3 Å². The second kappa shape index (κ2) is 4.58. The Hall–Kier alpha value is -0.830. The first-order chi connectivity index (χ1) is 7.61. The van der Waals surface area contributed by atoms with Gasteiger partial charge in [0.25, 0.3) is 0 Å². The van der Waals surface area contributed by atoms with Crippen LogP contribution in [0.3, 0.4) is 0 Å². The van der Waals surface area contributed by atoms with Gasteiger partial charge in [0.05, 0.1) is 10.0 Å². The molecule has 0 radical (unpaired) electrons. The molecule has 0 bridgehead atoms. The molecule has 0 aliphatic carbocycles. The van der Waals surface area contributed by atoms with Crippen LogP contribution in [-0.2, 0) is 0 Å². The third kappa shape index (κ3) is 2.01. The van der Waals surface area contributed by atoms with E-state index < -0.39 is 5.95 Å². The number of pyridine rings is 1. The molecule has 0 saturated carbocycles. The number of hydrogen-bond donors (Lipinski definition) is 0. The van der Waals surface area contributed by atoms with Crippen LogP contribution < -0.4 is 0 Å². The summed E-state index contributed by atoms with van der Waals surface area (Å²) < 4.78 is 13.2. The van der Waals surface area contributed by atoms with Crippen LogP contribution in [0, 0.1) is 5.95 Å². The van der Waals surface area contributed by atoms with Gasteiger partial charge in [-0.15, -0.1) is 0 Å². The molecule has 1 heterocycles. The van der Waals surface area contributed by atoms with Gasteiger partial charge in [0, 0.05) is 17.3 Å². The molecule has 1 aromatic heterocycles. The Balaban J connectivity index is 2.68. The highest BCUT2D eigenvalue weighted by Gasteiger charge is 2.13. The molecule has 0 aliphatic heterocycles. The van der Waals surface area contributed by atoms with Crippen molar-refractivity contribution in [2.24, 2.45) is 0 Å². The Labute approximate surface area is 107 Å². The van der Waals surface area contributed by atoms with Crippen molar-refractivity contribution >= 4 is 34.8 Å². The summed E-state index contributed by atoms with van der Waals surface area (Å²) in [5, 5.41) is 0.677. The van der Waals surface area contributed by atoms with Crippen LogP contribution in [0.2, 0.25) is 15.1 Å².